The molecule has 0 aromatic rings. The third kappa shape index (κ3) is 4.14. The number of aliphatic hydroxyl groups is 3. The number of nitrogens with one attached hydrogen (secondary N) is 1. The Bertz CT molecular complexity index is 493. The van der Waals surface area contributed by atoms with E-state index >= 15 is 0 Å². The largest absolute Gasteiger partial charge is 0.480 e. The van der Waals surface area contributed by atoms with Crippen LogP contribution in [0.2, 0.25) is 0 Å². The van der Waals surface area contributed by atoms with Crippen LogP contribution in [0.3, 0.4) is 0 Å². The van der Waals surface area contributed by atoms with Gasteiger partial charge in [0.25, 0.3) is 0 Å². The topological polar surface area (TPSA) is 205 Å². The summed E-state index contributed by atoms with van der Waals surface area (Å²) < 4.78 is 12.3. The highest BCUT2D eigenvalue weighted by atomic mass is 16.5. The summed E-state index contributed by atoms with van der Waals surface area (Å²) in [6.45, 7) is -1.47. The van der Waals surface area contributed by atoms with Gasteiger partial charge in [-0.15, -0.1) is 0 Å². The first-order chi connectivity index (χ1) is 11.1. The average molecular weight is 336 g/mol. The Labute approximate surface area is 132 Å². The SMILES string of the molecule is [2H]CC(=O)N[C@H]1C(C(C(N)=O)[C@H](N)C(=O)O)O[C@H](CO)[C@@H](O)[C@@H]1O. The van der Waals surface area contributed by atoms with Gasteiger partial charge in [-0.1, -0.05) is 0 Å². The van der Waals surface area contributed by atoms with Crippen molar-refractivity contribution in [3.8, 4) is 0 Å². The Morgan fingerprint density at radius 1 is 1.35 bits per heavy atom. The van der Waals surface area contributed by atoms with Crippen molar-refractivity contribution < 1.29 is 40.9 Å². The second-order valence-corrected chi connectivity index (χ2v) is 5.19. The minimum absolute atomic E-state index is 0.721. The van der Waals surface area contributed by atoms with E-state index < -0.39 is 73.7 Å². The molecule has 1 saturated heterocycles. The Kier molecular flexibility index (Phi) is 5.85. The van der Waals surface area contributed by atoms with E-state index in [0.29, 0.717) is 0 Å². The van der Waals surface area contributed by atoms with Crippen LogP contribution >= 0.6 is 0 Å². The van der Waals surface area contributed by atoms with E-state index in [1.165, 1.54) is 0 Å². The maximum atomic E-state index is 11.7. The Morgan fingerprint density at radius 2 is 1.96 bits per heavy atom. The maximum Gasteiger partial charge on any atom is 0.321 e. The number of carbonyl (C=O) groups excluding carboxylic acids is 2. The number of primary amides is 1. The zero-order chi connectivity index (χ0) is 18.6. The summed E-state index contributed by atoms with van der Waals surface area (Å²) in [7, 11) is 0. The van der Waals surface area contributed by atoms with Gasteiger partial charge in [0.05, 0.1) is 24.7 Å². The summed E-state index contributed by atoms with van der Waals surface area (Å²) in [5.74, 6) is -5.28. The first-order valence-electron chi connectivity index (χ1n) is 7.35. The predicted octanol–water partition coefficient (Wildman–Crippen LogP) is -4.51. The molecule has 0 spiro atoms. The summed E-state index contributed by atoms with van der Waals surface area (Å²) in [4.78, 5) is 34.2. The molecule has 132 valence electrons. The van der Waals surface area contributed by atoms with Crippen LogP contribution in [0.15, 0.2) is 0 Å². The maximum absolute atomic E-state index is 11.7. The number of amides is 2. The fourth-order valence-electron chi connectivity index (χ4n) is 2.50. The monoisotopic (exact) mass is 336 g/mol. The van der Waals surface area contributed by atoms with E-state index in [1.807, 2.05) is 0 Å². The number of aliphatic carboxylic acids is 1. The predicted molar refractivity (Wildman–Crippen MR) is 73.7 cm³/mol. The first-order valence-corrected chi connectivity index (χ1v) is 6.64. The van der Waals surface area contributed by atoms with Crippen molar-refractivity contribution in [1.29, 1.82) is 0 Å². The van der Waals surface area contributed by atoms with Crippen molar-refractivity contribution in [3.05, 3.63) is 0 Å². The molecule has 0 saturated carbocycles. The summed E-state index contributed by atoms with van der Waals surface area (Å²) in [6, 6.07) is -3.27. The zero-order valence-electron chi connectivity index (χ0n) is 13.0. The smallest absolute Gasteiger partial charge is 0.321 e. The normalized spacial score (nSPS) is 34.1. The second-order valence-electron chi connectivity index (χ2n) is 5.19. The van der Waals surface area contributed by atoms with Gasteiger partial charge in [0, 0.05) is 8.27 Å². The molecule has 11 heteroatoms. The molecule has 2 amide bonds. The molecule has 1 aliphatic heterocycles. The molecular weight excluding hydrogens is 314 g/mol. The second kappa shape index (κ2) is 7.66. The van der Waals surface area contributed by atoms with Crippen LogP contribution in [0.25, 0.3) is 0 Å². The molecule has 0 radical (unpaired) electrons. The number of rotatable bonds is 6. The number of carbonyl (C=O) groups is 3. The van der Waals surface area contributed by atoms with Gasteiger partial charge >= 0.3 is 5.97 Å². The molecule has 1 aliphatic rings. The lowest BCUT2D eigenvalue weighted by molar-refractivity contribution is -0.209. The lowest BCUT2D eigenvalue weighted by Crippen LogP contribution is -2.68. The lowest BCUT2D eigenvalue weighted by atomic mass is 9.82. The number of ether oxygens (including phenoxy) is 1. The highest BCUT2D eigenvalue weighted by Gasteiger charge is 2.51. The van der Waals surface area contributed by atoms with Crippen LogP contribution in [0.4, 0.5) is 0 Å². The summed E-state index contributed by atoms with van der Waals surface area (Å²) in [6.07, 6.45) is -6.22. The molecule has 1 rings (SSSR count). The zero-order valence-corrected chi connectivity index (χ0v) is 12.0. The number of carboxylic acid groups (broad SMARTS) is 1. The number of carboxylic acids is 1. The van der Waals surface area contributed by atoms with Crippen molar-refractivity contribution >= 4 is 17.8 Å². The van der Waals surface area contributed by atoms with Crippen LogP contribution in [-0.2, 0) is 19.1 Å². The highest BCUT2D eigenvalue weighted by molar-refractivity contribution is 5.86. The number of aliphatic hydroxyl groups excluding tert-OH is 3. The molecule has 9 N–H and O–H groups in total. The van der Waals surface area contributed by atoms with Crippen molar-refractivity contribution in [1.82, 2.24) is 5.32 Å². The summed E-state index contributed by atoms with van der Waals surface area (Å²) in [5.41, 5.74) is 10.6. The lowest BCUT2D eigenvalue weighted by Gasteiger charge is -2.45. The average Bonchev–Trinajstić information content (AvgIpc) is 2.53. The molecule has 0 aliphatic carbocycles. The Balaban J connectivity index is 3.24. The number of hydrogen-bond donors (Lipinski definition) is 7. The molecule has 2 unspecified atom stereocenters. The van der Waals surface area contributed by atoms with E-state index in [1.54, 1.807) is 0 Å². The third-order valence-corrected chi connectivity index (χ3v) is 3.65. The minimum atomic E-state index is -1.82. The van der Waals surface area contributed by atoms with Gasteiger partial charge in [0.2, 0.25) is 11.8 Å². The Morgan fingerprint density at radius 3 is 2.39 bits per heavy atom. The molecular formula is C12H21N3O8. The van der Waals surface area contributed by atoms with Gasteiger partial charge in [-0.2, -0.15) is 0 Å². The van der Waals surface area contributed by atoms with Gasteiger partial charge in [-0.05, 0) is 0 Å². The molecule has 0 bridgehead atoms. The fourth-order valence-corrected chi connectivity index (χ4v) is 2.50. The van der Waals surface area contributed by atoms with Crippen LogP contribution in [0.1, 0.15) is 8.27 Å². The van der Waals surface area contributed by atoms with Crippen LogP contribution in [-0.4, -0.2) is 81.3 Å². The van der Waals surface area contributed by atoms with E-state index in [4.69, 9.17) is 22.7 Å². The third-order valence-electron chi connectivity index (χ3n) is 3.65. The van der Waals surface area contributed by atoms with Crippen LogP contribution in [0.5, 0.6) is 0 Å². The number of hydrogen-bond acceptors (Lipinski definition) is 8. The Hall–Kier alpha value is -1.79. The van der Waals surface area contributed by atoms with E-state index in [2.05, 4.69) is 5.32 Å². The van der Waals surface area contributed by atoms with E-state index in [0.717, 1.165) is 0 Å². The minimum Gasteiger partial charge on any atom is -0.480 e. The van der Waals surface area contributed by atoms with Gasteiger partial charge in [0.15, 0.2) is 0 Å². The van der Waals surface area contributed by atoms with Crippen molar-refractivity contribution in [3.63, 3.8) is 0 Å². The molecule has 7 atom stereocenters. The molecule has 23 heavy (non-hydrogen) atoms. The van der Waals surface area contributed by atoms with E-state index in [9.17, 15) is 29.7 Å². The van der Waals surface area contributed by atoms with Gasteiger partial charge in [0.1, 0.15) is 24.4 Å². The highest BCUT2D eigenvalue weighted by Crippen LogP contribution is 2.27. The summed E-state index contributed by atoms with van der Waals surface area (Å²) in [5, 5.41) is 40.4. The molecule has 1 fully saturated rings. The van der Waals surface area contributed by atoms with Gasteiger partial charge in [-0.3, -0.25) is 14.4 Å². The number of nitrogens with two attached hydrogens (primary N) is 2. The van der Waals surface area contributed by atoms with Crippen molar-refractivity contribution in [2.75, 3.05) is 6.61 Å². The molecule has 0 aromatic carbocycles. The molecule has 11 nitrogen and oxygen atoms in total. The van der Waals surface area contributed by atoms with Crippen molar-refractivity contribution in [2.24, 2.45) is 17.4 Å². The van der Waals surface area contributed by atoms with Crippen LogP contribution < -0.4 is 16.8 Å². The molecule has 0 aromatic heterocycles. The van der Waals surface area contributed by atoms with Gasteiger partial charge < -0.3 is 41.9 Å². The summed E-state index contributed by atoms with van der Waals surface area (Å²) >= 11 is 0. The van der Waals surface area contributed by atoms with Crippen molar-refractivity contribution in [2.45, 2.75) is 43.4 Å². The van der Waals surface area contributed by atoms with Crippen LogP contribution in [0, 0.1) is 5.92 Å². The standard InChI is InChI=1S/C12H21N3O8/c1-3(17)15-7-9(19)8(18)4(2-16)23-10(7)5(11(14)20)6(13)12(21)22/h4-10,16,18-19H,2,13H2,1H3,(H2,14,20)(H,15,17)(H,21,22)/t4-,5?,6+,7-,8-,9-,10?/m1/s1/i1D. The quantitative estimate of drug-likeness (QED) is 0.249. The first kappa shape index (κ1) is 17.6. The van der Waals surface area contributed by atoms with E-state index in [-0.39, 0.29) is 0 Å². The van der Waals surface area contributed by atoms with Gasteiger partial charge in [-0.25, -0.2) is 0 Å². The molecule has 1 heterocycles. The fraction of sp³-hybridized carbons (Fsp3) is 0.750.